The first kappa shape index (κ1) is 14.1. The Morgan fingerprint density at radius 3 is 2.40 bits per heavy atom. The van der Waals surface area contributed by atoms with Gasteiger partial charge in [-0.3, -0.25) is 4.79 Å². The average molecular weight is 331 g/mol. The summed E-state index contributed by atoms with van der Waals surface area (Å²) in [7, 11) is 0. The second-order valence-electron chi connectivity index (χ2n) is 3.98. The standard InChI is InChI=1S/C15H11BrN2O2/c16-12-3-5-13(6-4-12)18-15(19)10-20-14-7-1-11(9-17)2-8-14/h1-8H,10H2,(H,18,19). The van der Waals surface area contributed by atoms with Crippen LogP contribution in [0.2, 0.25) is 0 Å². The van der Waals surface area contributed by atoms with Crippen molar-refractivity contribution in [2.24, 2.45) is 0 Å². The Balaban J connectivity index is 1.85. The van der Waals surface area contributed by atoms with E-state index in [4.69, 9.17) is 10.00 Å². The highest BCUT2D eigenvalue weighted by molar-refractivity contribution is 9.10. The quantitative estimate of drug-likeness (QED) is 0.935. The molecule has 0 heterocycles. The first-order valence-corrected chi connectivity index (χ1v) is 6.65. The van der Waals surface area contributed by atoms with Gasteiger partial charge in [-0.2, -0.15) is 5.26 Å². The SMILES string of the molecule is N#Cc1ccc(OCC(=O)Nc2ccc(Br)cc2)cc1. The maximum Gasteiger partial charge on any atom is 0.262 e. The second-order valence-corrected chi connectivity index (χ2v) is 4.90. The van der Waals surface area contributed by atoms with E-state index < -0.39 is 0 Å². The summed E-state index contributed by atoms with van der Waals surface area (Å²) in [6.07, 6.45) is 0. The molecule has 0 bridgehead atoms. The zero-order valence-electron chi connectivity index (χ0n) is 10.5. The number of benzene rings is 2. The molecule has 0 saturated heterocycles. The monoisotopic (exact) mass is 330 g/mol. The molecule has 0 aromatic heterocycles. The average Bonchev–Trinajstić information content (AvgIpc) is 2.48. The number of hydrogen-bond donors (Lipinski definition) is 1. The highest BCUT2D eigenvalue weighted by Gasteiger charge is 2.03. The molecule has 0 radical (unpaired) electrons. The lowest BCUT2D eigenvalue weighted by Gasteiger charge is -2.07. The van der Waals surface area contributed by atoms with Gasteiger partial charge < -0.3 is 10.1 Å². The van der Waals surface area contributed by atoms with Crippen LogP contribution in [-0.4, -0.2) is 12.5 Å². The third kappa shape index (κ3) is 4.11. The molecular weight excluding hydrogens is 320 g/mol. The maximum absolute atomic E-state index is 11.7. The van der Waals surface area contributed by atoms with E-state index in [9.17, 15) is 4.79 Å². The number of hydrogen-bond acceptors (Lipinski definition) is 3. The minimum Gasteiger partial charge on any atom is -0.484 e. The zero-order valence-corrected chi connectivity index (χ0v) is 12.1. The van der Waals surface area contributed by atoms with Gasteiger partial charge in [-0.25, -0.2) is 0 Å². The number of amides is 1. The molecule has 0 unspecified atom stereocenters. The van der Waals surface area contributed by atoms with Gasteiger partial charge in [-0.05, 0) is 48.5 Å². The van der Waals surface area contributed by atoms with E-state index in [2.05, 4.69) is 21.2 Å². The molecule has 100 valence electrons. The lowest BCUT2D eigenvalue weighted by Crippen LogP contribution is -2.20. The summed E-state index contributed by atoms with van der Waals surface area (Å²) in [5, 5.41) is 11.4. The Bertz CT molecular complexity index is 630. The van der Waals surface area contributed by atoms with Gasteiger partial charge >= 0.3 is 0 Å². The molecule has 0 spiro atoms. The Morgan fingerprint density at radius 1 is 1.15 bits per heavy atom. The first-order valence-electron chi connectivity index (χ1n) is 5.86. The van der Waals surface area contributed by atoms with Crippen LogP contribution in [0.1, 0.15) is 5.56 Å². The van der Waals surface area contributed by atoms with Crippen LogP contribution in [0.4, 0.5) is 5.69 Å². The number of rotatable bonds is 4. The van der Waals surface area contributed by atoms with E-state index >= 15 is 0 Å². The van der Waals surface area contributed by atoms with Crippen molar-refractivity contribution in [1.82, 2.24) is 0 Å². The van der Waals surface area contributed by atoms with Gasteiger partial charge in [0.25, 0.3) is 5.91 Å². The molecule has 2 aromatic carbocycles. The molecule has 2 rings (SSSR count). The first-order chi connectivity index (χ1) is 9.67. The minimum atomic E-state index is -0.239. The van der Waals surface area contributed by atoms with Gasteiger partial charge in [0.05, 0.1) is 11.6 Å². The van der Waals surface area contributed by atoms with E-state index in [0.29, 0.717) is 17.0 Å². The van der Waals surface area contributed by atoms with Crippen LogP contribution in [0.3, 0.4) is 0 Å². The fourth-order valence-electron chi connectivity index (χ4n) is 1.50. The van der Waals surface area contributed by atoms with Gasteiger partial charge in [0.2, 0.25) is 0 Å². The molecular formula is C15H11BrN2O2. The molecule has 0 aliphatic rings. The Kier molecular flexibility index (Phi) is 4.75. The van der Waals surface area contributed by atoms with Crippen molar-refractivity contribution < 1.29 is 9.53 Å². The molecule has 0 saturated carbocycles. The summed E-state index contributed by atoms with van der Waals surface area (Å²) in [4.78, 5) is 11.7. The van der Waals surface area contributed by atoms with Crippen LogP contribution >= 0.6 is 15.9 Å². The van der Waals surface area contributed by atoms with Gasteiger partial charge in [0, 0.05) is 10.2 Å². The van der Waals surface area contributed by atoms with E-state index in [1.807, 2.05) is 18.2 Å². The molecule has 0 aliphatic heterocycles. The zero-order chi connectivity index (χ0) is 14.4. The Morgan fingerprint density at radius 2 is 1.80 bits per heavy atom. The number of nitriles is 1. The van der Waals surface area contributed by atoms with Gasteiger partial charge in [-0.15, -0.1) is 0 Å². The number of carbonyl (C=O) groups is 1. The molecule has 20 heavy (non-hydrogen) atoms. The molecule has 5 heteroatoms. The topological polar surface area (TPSA) is 62.1 Å². The van der Waals surface area contributed by atoms with Crippen molar-refractivity contribution in [3.8, 4) is 11.8 Å². The lowest BCUT2D eigenvalue weighted by molar-refractivity contribution is -0.118. The molecule has 2 aromatic rings. The van der Waals surface area contributed by atoms with Crippen LogP contribution < -0.4 is 10.1 Å². The van der Waals surface area contributed by atoms with Crippen LogP contribution in [0.25, 0.3) is 0 Å². The predicted molar refractivity (Wildman–Crippen MR) is 79.4 cm³/mol. The number of nitrogens with zero attached hydrogens (tertiary/aromatic N) is 1. The lowest BCUT2D eigenvalue weighted by atomic mass is 10.2. The summed E-state index contributed by atoms with van der Waals surface area (Å²) < 4.78 is 6.28. The summed E-state index contributed by atoms with van der Waals surface area (Å²) in [6, 6.07) is 15.9. The molecule has 1 amide bonds. The number of anilines is 1. The fourth-order valence-corrected chi connectivity index (χ4v) is 1.77. The van der Waals surface area contributed by atoms with Crippen molar-refractivity contribution in [3.05, 3.63) is 58.6 Å². The summed E-state index contributed by atoms with van der Waals surface area (Å²) in [5.41, 5.74) is 1.26. The summed E-state index contributed by atoms with van der Waals surface area (Å²) >= 11 is 3.32. The van der Waals surface area contributed by atoms with Crippen LogP contribution in [-0.2, 0) is 4.79 Å². The van der Waals surface area contributed by atoms with Crippen molar-refractivity contribution in [3.63, 3.8) is 0 Å². The number of nitrogens with one attached hydrogen (secondary N) is 1. The van der Waals surface area contributed by atoms with E-state index in [-0.39, 0.29) is 12.5 Å². The van der Waals surface area contributed by atoms with Crippen LogP contribution in [0.5, 0.6) is 5.75 Å². The second kappa shape index (κ2) is 6.73. The van der Waals surface area contributed by atoms with E-state index in [1.165, 1.54) is 0 Å². The molecule has 0 fully saturated rings. The predicted octanol–water partition coefficient (Wildman–Crippen LogP) is 3.34. The molecule has 0 atom stereocenters. The third-order valence-electron chi connectivity index (χ3n) is 2.48. The van der Waals surface area contributed by atoms with E-state index in [0.717, 1.165) is 4.47 Å². The minimum absolute atomic E-state index is 0.0814. The van der Waals surface area contributed by atoms with Crippen LogP contribution in [0, 0.1) is 11.3 Å². The Labute approximate surface area is 125 Å². The highest BCUT2D eigenvalue weighted by atomic mass is 79.9. The Hall–Kier alpha value is -2.32. The summed E-state index contributed by atoms with van der Waals surface area (Å²) in [6.45, 7) is -0.0814. The normalized spacial score (nSPS) is 9.60. The number of carbonyl (C=O) groups excluding carboxylic acids is 1. The van der Waals surface area contributed by atoms with Crippen molar-refractivity contribution in [1.29, 1.82) is 5.26 Å². The van der Waals surface area contributed by atoms with Crippen molar-refractivity contribution in [2.45, 2.75) is 0 Å². The van der Waals surface area contributed by atoms with Gasteiger partial charge in [0.1, 0.15) is 5.75 Å². The van der Waals surface area contributed by atoms with E-state index in [1.54, 1.807) is 36.4 Å². The molecule has 4 nitrogen and oxygen atoms in total. The van der Waals surface area contributed by atoms with Gasteiger partial charge in [-0.1, -0.05) is 15.9 Å². The van der Waals surface area contributed by atoms with Crippen LogP contribution in [0.15, 0.2) is 53.0 Å². The third-order valence-corrected chi connectivity index (χ3v) is 3.01. The fraction of sp³-hybridized carbons (Fsp3) is 0.0667. The molecule has 1 N–H and O–H groups in total. The van der Waals surface area contributed by atoms with Crippen molar-refractivity contribution >= 4 is 27.5 Å². The number of ether oxygens (including phenoxy) is 1. The van der Waals surface area contributed by atoms with Crippen molar-refractivity contribution in [2.75, 3.05) is 11.9 Å². The highest BCUT2D eigenvalue weighted by Crippen LogP contribution is 2.14. The maximum atomic E-state index is 11.7. The number of halogens is 1. The van der Waals surface area contributed by atoms with Gasteiger partial charge in [0.15, 0.2) is 6.61 Å². The summed E-state index contributed by atoms with van der Waals surface area (Å²) in [5.74, 6) is 0.312. The largest absolute Gasteiger partial charge is 0.484 e. The molecule has 0 aliphatic carbocycles. The smallest absolute Gasteiger partial charge is 0.262 e.